The van der Waals surface area contributed by atoms with Crippen molar-refractivity contribution in [3.8, 4) is 45.9 Å². The van der Waals surface area contributed by atoms with E-state index in [1.165, 1.54) is 14.3 Å². The Kier molecular flexibility index (Phi) is 24.0. The SMILES string of the molecule is CC(C)[Si](C#Cc1c2ccccc2c(C#C[Si](C(C)C)(C(C)C)C(C)C)c2nc3cc(I)c(I)cc3nc12)(C(C)C)C(C)C.CC(C)[Si](C#Cc1c2ccccc2c(C#C[Si](C(C)C)(C(C)C)C(C)C)c2nc3cc(I)c(I)cc3nc12)(C(C)C)C(C)C. The van der Waals surface area contributed by atoms with Gasteiger partial charge >= 0.3 is 0 Å². The van der Waals surface area contributed by atoms with Crippen LogP contribution in [-0.2, 0) is 0 Å². The molecule has 88 heavy (non-hydrogen) atoms. The molecule has 0 aliphatic carbocycles. The fourth-order valence-electron chi connectivity index (χ4n) is 16.1. The largest absolute Gasteiger partial charge is 0.243 e. The second kappa shape index (κ2) is 29.1. The van der Waals surface area contributed by atoms with Crippen LogP contribution >= 0.6 is 90.4 Å². The average molecular weight is 1690 g/mol. The summed E-state index contributed by atoms with van der Waals surface area (Å²) in [7, 11) is -7.92. The van der Waals surface area contributed by atoms with Gasteiger partial charge in [-0.15, -0.1) is 22.2 Å². The summed E-state index contributed by atoms with van der Waals surface area (Å²) in [6, 6.07) is 26.0. The van der Waals surface area contributed by atoms with Crippen LogP contribution in [0.3, 0.4) is 0 Å². The maximum atomic E-state index is 5.36. The summed E-state index contributed by atoms with van der Waals surface area (Å²) in [6.07, 6.45) is 0. The van der Waals surface area contributed by atoms with E-state index in [4.69, 9.17) is 19.9 Å². The molecule has 0 spiro atoms. The van der Waals surface area contributed by atoms with E-state index in [0.717, 1.165) is 87.9 Å². The lowest BCUT2D eigenvalue weighted by atomic mass is 9.97. The third kappa shape index (κ3) is 13.6. The van der Waals surface area contributed by atoms with Gasteiger partial charge in [-0.2, -0.15) is 0 Å². The van der Waals surface area contributed by atoms with Crippen LogP contribution in [-0.4, -0.2) is 52.2 Å². The number of nitrogens with zero attached hydrogens (tertiary/aromatic N) is 4. The lowest BCUT2D eigenvalue weighted by Crippen LogP contribution is -2.43. The highest BCUT2D eigenvalue weighted by atomic mass is 127. The third-order valence-electron chi connectivity index (χ3n) is 20.4. The molecule has 464 valence electrons. The van der Waals surface area contributed by atoms with Crippen LogP contribution in [0, 0.1) is 60.1 Å². The molecule has 0 bridgehead atoms. The van der Waals surface area contributed by atoms with Crippen molar-refractivity contribution in [2.75, 3.05) is 0 Å². The Labute approximate surface area is 589 Å². The van der Waals surface area contributed by atoms with Crippen LogP contribution in [0.15, 0.2) is 72.8 Å². The first-order chi connectivity index (χ1) is 41.2. The van der Waals surface area contributed by atoms with Gasteiger partial charge in [0, 0.05) is 35.8 Å². The molecule has 0 aliphatic rings. The zero-order valence-electron chi connectivity index (χ0n) is 57.2. The van der Waals surface area contributed by atoms with Gasteiger partial charge < -0.3 is 0 Å². The first kappa shape index (κ1) is 72.5. The van der Waals surface area contributed by atoms with Gasteiger partial charge in [0.15, 0.2) is 0 Å². The highest BCUT2D eigenvalue weighted by Gasteiger charge is 2.45. The van der Waals surface area contributed by atoms with E-state index in [1.807, 2.05) is 0 Å². The Morgan fingerprint density at radius 3 is 0.545 bits per heavy atom. The minimum atomic E-state index is -1.98. The maximum Gasteiger partial charge on any atom is 0.146 e. The summed E-state index contributed by atoms with van der Waals surface area (Å²) >= 11 is 9.60. The molecule has 0 unspecified atom stereocenters. The fourth-order valence-corrected chi connectivity index (χ4v) is 38.7. The molecule has 0 saturated carbocycles. The molecular weight excluding hydrogens is 1590 g/mol. The van der Waals surface area contributed by atoms with Crippen LogP contribution in [0.2, 0.25) is 66.5 Å². The number of rotatable bonds is 12. The molecule has 2 heterocycles. The van der Waals surface area contributed by atoms with Gasteiger partial charge in [-0.3, -0.25) is 0 Å². The number of halogens is 4. The van der Waals surface area contributed by atoms with Crippen molar-refractivity contribution in [3.63, 3.8) is 0 Å². The average Bonchev–Trinajstić information content (AvgIpc) is 0.853. The standard InChI is InChI=1S/2C38H48I2N2Si2/c2*1-23(2)43(24(3)4,25(5)6)19-17-31-29-15-13-14-16-30(29)32(18-20-44(26(7)8,27(9)10)28(11)12)38-37(31)41-35-21-33(39)34(40)22-36(35)42-38/h2*13-16,21-28H,1-12H3. The van der Waals surface area contributed by atoms with Gasteiger partial charge in [0.1, 0.15) is 54.4 Å². The zero-order chi connectivity index (χ0) is 65.4. The summed E-state index contributed by atoms with van der Waals surface area (Å²) in [5.74, 6) is 15.3. The summed E-state index contributed by atoms with van der Waals surface area (Å²) in [5, 5.41) is 4.54. The van der Waals surface area contributed by atoms with Crippen LogP contribution in [0.5, 0.6) is 0 Å². The molecule has 2 aromatic heterocycles. The molecule has 0 aliphatic heterocycles. The number of hydrogen-bond donors (Lipinski definition) is 0. The lowest BCUT2D eigenvalue weighted by Gasteiger charge is -2.38. The molecule has 0 N–H and O–H groups in total. The molecule has 0 saturated heterocycles. The van der Waals surface area contributed by atoms with E-state index in [9.17, 15) is 0 Å². The first-order valence-electron chi connectivity index (χ1n) is 32.3. The summed E-state index contributed by atoms with van der Waals surface area (Å²) in [4.78, 5) is 21.4. The summed E-state index contributed by atoms with van der Waals surface area (Å²) in [6.45, 7) is 57.0. The molecule has 8 aromatic rings. The minimum absolute atomic E-state index is 0.550. The van der Waals surface area contributed by atoms with Gasteiger partial charge in [0.05, 0.1) is 44.3 Å². The fraction of sp³-hybridized carbons (Fsp3) is 0.474. The van der Waals surface area contributed by atoms with E-state index in [2.05, 4.69) is 375 Å². The van der Waals surface area contributed by atoms with Crippen molar-refractivity contribution in [2.24, 2.45) is 0 Å². The van der Waals surface area contributed by atoms with Crippen molar-refractivity contribution >= 4 is 188 Å². The predicted molar refractivity (Wildman–Crippen MR) is 432 cm³/mol. The molecule has 4 nitrogen and oxygen atoms in total. The van der Waals surface area contributed by atoms with Crippen LogP contribution < -0.4 is 0 Å². The maximum absolute atomic E-state index is 5.36. The van der Waals surface area contributed by atoms with Crippen molar-refractivity contribution in [1.29, 1.82) is 0 Å². The Morgan fingerprint density at radius 2 is 0.409 bits per heavy atom. The van der Waals surface area contributed by atoms with Crippen molar-refractivity contribution in [3.05, 3.63) is 109 Å². The quantitative estimate of drug-likeness (QED) is 0.0529. The van der Waals surface area contributed by atoms with Gasteiger partial charge in [0.2, 0.25) is 0 Å². The molecule has 12 heteroatoms. The smallest absolute Gasteiger partial charge is 0.146 e. The van der Waals surface area contributed by atoms with Gasteiger partial charge in [-0.1, -0.05) is 238 Å². The van der Waals surface area contributed by atoms with E-state index in [-0.39, 0.29) is 0 Å². The molecule has 0 radical (unpaired) electrons. The van der Waals surface area contributed by atoms with Crippen molar-refractivity contribution in [1.82, 2.24) is 19.9 Å². The van der Waals surface area contributed by atoms with E-state index in [0.29, 0.717) is 66.5 Å². The summed E-state index contributed by atoms with van der Waals surface area (Å²) < 4.78 is 4.74. The van der Waals surface area contributed by atoms with E-state index in [1.54, 1.807) is 0 Å². The Hall–Kier alpha value is -2.93. The molecule has 8 rings (SSSR count). The monoisotopic (exact) mass is 1680 g/mol. The van der Waals surface area contributed by atoms with Gasteiger partial charge in [-0.25, -0.2) is 19.9 Å². The number of fused-ring (bicyclic) bond motifs is 6. The number of hydrogen-bond acceptors (Lipinski definition) is 4. The van der Waals surface area contributed by atoms with E-state index < -0.39 is 32.3 Å². The Bertz CT molecular complexity index is 3580. The zero-order valence-corrected chi connectivity index (χ0v) is 69.8. The third-order valence-corrected chi connectivity index (χ3v) is 51.2. The second-order valence-electron chi connectivity index (χ2n) is 28.5. The minimum Gasteiger partial charge on any atom is -0.243 e. The predicted octanol–water partition coefficient (Wildman–Crippen LogP) is 24.6. The molecule has 0 atom stereocenters. The molecular formula is C76H96I4N4Si4. The topological polar surface area (TPSA) is 51.6 Å². The van der Waals surface area contributed by atoms with Crippen molar-refractivity contribution in [2.45, 2.75) is 233 Å². The Morgan fingerprint density at radius 1 is 0.261 bits per heavy atom. The highest BCUT2D eigenvalue weighted by molar-refractivity contribution is 14.1. The molecule has 6 aromatic carbocycles. The number of benzene rings is 6. The van der Waals surface area contributed by atoms with Gasteiger partial charge in [0.25, 0.3) is 0 Å². The van der Waals surface area contributed by atoms with E-state index >= 15 is 0 Å². The second-order valence-corrected chi connectivity index (χ2v) is 55.5. The normalized spacial score (nSPS) is 12.7. The van der Waals surface area contributed by atoms with Crippen LogP contribution in [0.4, 0.5) is 0 Å². The Balaban J connectivity index is 0.000000251. The lowest BCUT2D eigenvalue weighted by molar-refractivity contribution is 0.838. The first-order valence-corrected chi connectivity index (χ1v) is 45.6. The number of aromatic nitrogens is 4. The highest BCUT2D eigenvalue weighted by Crippen LogP contribution is 2.46. The van der Waals surface area contributed by atoms with Crippen LogP contribution in [0.1, 0.15) is 188 Å². The van der Waals surface area contributed by atoms with Crippen molar-refractivity contribution < 1.29 is 0 Å². The van der Waals surface area contributed by atoms with Crippen LogP contribution in [0.25, 0.3) is 65.7 Å². The molecule has 0 fully saturated rings. The molecule has 0 amide bonds. The van der Waals surface area contributed by atoms with Gasteiger partial charge in [-0.05, 0) is 181 Å². The summed E-state index contributed by atoms with van der Waals surface area (Å²) in [5.41, 5.74) is 33.8.